The average Bonchev–Trinajstić information content (AvgIpc) is 2.33. The molecule has 10 nitrogen and oxygen atoms in total. The average molecular weight is 304 g/mol. The molecule has 5 N–H and O–H groups in total. The minimum atomic E-state index is -1.47. The van der Waals surface area contributed by atoms with E-state index in [2.05, 4.69) is 9.47 Å². The third kappa shape index (κ3) is 8.44. The smallest absolute Gasteiger partial charge is 0.331 e. The lowest BCUT2D eigenvalue weighted by atomic mass is 10.2. The highest BCUT2D eigenvalue weighted by Crippen LogP contribution is 2.02. The van der Waals surface area contributed by atoms with E-state index in [1.54, 1.807) is 0 Å². The minimum Gasteiger partial charge on any atom is -0.481 e. The summed E-state index contributed by atoms with van der Waals surface area (Å²) < 4.78 is 8.48. The monoisotopic (exact) mass is 304 g/mol. The van der Waals surface area contributed by atoms with Gasteiger partial charge >= 0.3 is 29.8 Å². The molecule has 0 radical (unpaired) electrons. The van der Waals surface area contributed by atoms with Crippen LogP contribution in [0.25, 0.3) is 0 Å². The molecule has 0 aromatic carbocycles. The largest absolute Gasteiger partial charge is 0.481 e. The van der Waals surface area contributed by atoms with Crippen molar-refractivity contribution in [3.05, 3.63) is 0 Å². The van der Waals surface area contributed by atoms with Crippen LogP contribution in [0.4, 0.5) is 0 Å². The predicted octanol–water partition coefficient (Wildman–Crippen LogP) is -1.94. The number of carbonyl (C=O) groups is 5. The Morgan fingerprint density at radius 3 is 2.00 bits per heavy atom. The molecule has 0 saturated heterocycles. The third-order valence-corrected chi connectivity index (χ3v) is 2.12. The van der Waals surface area contributed by atoms with Crippen molar-refractivity contribution in [3.63, 3.8) is 0 Å². The molecule has 0 aromatic rings. The predicted molar refractivity (Wildman–Crippen MR) is 65.3 cm³/mol. The van der Waals surface area contributed by atoms with Crippen molar-refractivity contribution in [2.75, 3.05) is 0 Å². The second kappa shape index (κ2) is 8.76. The van der Waals surface area contributed by atoms with E-state index in [-0.39, 0.29) is 6.42 Å². The molecule has 0 fully saturated rings. The van der Waals surface area contributed by atoms with E-state index in [1.807, 2.05) is 0 Å². The van der Waals surface area contributed by atoms with Gasteiger partial charge in [0.2, 0.25) is 0 Å². The summed E-state index contributed by atoms with van der Waals surface area (Å²) in [5.41, 5.74) is 10.5. The first-order valence-corrected chi connectivity index (χ1v) is 5.83. The van der Waals surface area contributed by atoms with Crippen LogP contribution < -0.4 is 11.5 Å². The Hall–Kier alpha value is -2.33. The number of carbonyl (C=O) groups excluding carboxylic acids is 4. The lowest BCUT2D eigenvalue weighted by Gasteiger charge is -2.10. The number of aliphatic carboxylic acids is 1. The quantitative estimate of drug-likeness (QED) is 0.354. The fourth-order valence-electron chi connectivity index (χ4n) is 1.12. The highest BCUT2D eigenvalue weighted by Gasteiger charge is 2.23. The lowest BCUT2D eigenvalue weighted by Crippen LogP contribution is -2.37. The third-order valence-electron chi connectivity index (χ3n) is 2.12. The van der Waals surface area contributed by atoms with Crippen LogP contribution in [0.1, 0.15) is 26.2 Å². The van der Waals surface area contributed by atoms with Crippen molar-refractivity contribution in [3.8, 4) is 0 Å². The van der Waals surface area contributed by atoms with Gasteiger partial charge in [-0.1, -0.05) is 0 Å². The van der Waals surface area contributed by atoms with Crippen LogP contribution >= 0.6 is 0 Å². The second-order valence-corrected chi connectivity index (χ2v) is 4.06. The molecular weight excluding hydrogens is 288 g/mol. The van der Waals surface area contributed by atoms with Crippen LogP contribution in [0.3, 0.4) is 0 Å². The first-order chi connectivity index (χ1) is 9.63. The van der Waals surface area contributed by atoms with Crippen molar-refractivity contribution in [1.82, 2.24) is 0 Å². The maximum Gasteiger partial charge on any atom is 0.331 e. The van der Waals surface area contributed by atoms with E-state index in [0.29, 0.717) is 0 Å². The number of nitrogens with two attached hydrogens (primary N) is 2. The van der Waals surface area contributed by atoms with Gasteiger partial charge < -0.3 is 26.0 Å². The van der Waals surface area contributed by atoms with Crippen molar-refractivity contribution in [1.29, 1.82) is 0 Å². The van der Waals surface area contributed by atoms with E-state index in [1.165, 1.54) is 0 Å². The molecule has 0 aliphatic heterocycles. The van der Waals surface area contributed by atoms with Crippen LogP contribution in [0, 0.1) is 0 Å². The molecule has 0 heterocycles. The van der Waals surface area contributed by atoms with Crippen molar-refractivity contribution >= 4 is 29.8 Å². The number of hydrogen-bond donors (Lipinski definition) is 3. The molecule has 10 heteroatoms. The molecule has 0 spiro atoms. The highest BCUT2D eigenvalue weighted by molar-refractivity contribution is 5.91. The van der Waals surface area contributed by atoms with Crippen molar-refractivity contribution < 1.29 is 38.6 Å². The molecule has 118 valence electrons. The Balaban J connectivity index is 4.15. The Bertz CT molecular complexity index is 448. The van der Waals surface area contributed by atoms with Gasteiger partial charge in [0.1, 0.15) is 12.1 Å². The number of ether oxygens (including phenoxy) is 2. The summed E-state index contributed by atoms with van der Waals surface area (Å²) in [5, 5.41) is 8.41. The number of esters is 4. The van der Waals surface area contributed by atoms with Crippen LogP contribution in [0.15, 0.2) is 0 Å². The summed E-state index contributed by atoms with van der Waals surface area (Å²) in [6, 6.07) is -2.70. The second-order valence-electron chi connectivity index (χ2n) is 4.06. The van der Waals surface area contributed by atoms with Gasteiger partial charge in [-0.3, -0.25) is 14.4 Å². The molecular formula is C11H16N2O8. The van der Waals surface area contributed by atoms with Crippen LogP contribution in [-0.4, -0.2) is 47.0 Å². The first-order valence-electron chi connectivity index (χ1n) is 5.83. The maximum atomic E-state index is 11.3. The number of hydrogen-bond acceptors (Lipinski definition) is 9. The van der Waals surface area contributed by atoms with Crippen LogP contribution in [0.2, 0.25) is 0 Å². The fourth-order valence-corrected chi connectivity index (χ4v) is 1.12. The summed E-state index contributed by atoms with van der Waals surface area (Å²) >= 11 is 0. The molecule has 0 aliphatic rings. The van der Waals surface area contributed by atoms with Crippen LogP contribution in [0.5, 0.6) is 0 Å². The van der Waals surface area contributed by atoms with Gasteiger partial charge in [0.05, 0.1) is 6.42 Å². The van der Waals surface area contributed by atoms with E-state index in [9.17, 15) is 24.0 Å². The molecule has 0 bridgehead atoms. The molecule has 21 heavy (non-hydrogen) atoms. The Kier molecular flexibility index (Phi) is 7.79. The first kappa shape index (κ1) is 18.7. The minimum absolute atomic E-state index is 0.216. The van der Waals surface area contributed by atoms with E-state index in [0.717, 1.165) is 6.92 Å². The SMILES string of the molecule is CC(=O)OC(=O)[C@@H](N)CCC(=O)OC(=O)[C@@H](N)CC(=O)O. The van der Waals surface area contributed by atoms with E-state index in [4.69, 9.17) is 16.6 Å². The molecule has 0 rings (SSSR count). The normalized spacial score (nSPS) is 12.9. The Morgan fingerprint density at radius 1 is 1.00 bits per heavy atom. The van der Waals surface area contributed by atoms with Crippen molar-refractivity contribution in [2.45, 2.75) is 38.3 Å². The van der Waals surface area contributed by atoms with Gasteiger partial charge in [-0.2, -0.15) is 0 Å². The van der Waals surface area contributed by atoms with Gasteiger partial charge in [-0.15, -0.1) is 0 Å². The zero-order valence-corrected chi connectivity index (χ0v) is 11.2. The summed E-state index contributed by atoms with van der Waals surface area (Å²) in [4.78, 5) is 54.5. The van der Waals surface area contributed by atoms with Crippen molar-refractivity contribution in [2.24, 2.45) is 11.5 Å². The molecule has 2 atom stereocenters. The summed E-state index contributed by atoms with van der Waals surface area (Å²) in [7, 11) is 0. The number of rotatable bonds is 7. The maximum absolute atomic E-state index is 11.3. The zero-order valence-electron chi connectivity index (χ0n) is 11.2. The fraction of sp³-hybridized carbons (Fsp3) is 0.545. The summed E-state index contributed by atoms with van der Waals surface area (Å²) in [6.45, 7) is 1.02. The molecule has 0 aromatic heterocycles. The molecule has 0 unspecified atom stereocenters. The standard InChI is InChI=1S/C11H16N2O8/c1-5(14)20-10(18)6(12)2-3-9(17)21-11(19)7(13)4-8(15)16/h6-7H,2-4,12-13H2,1H3,(H,15,16)/t6-,7-/m0/s1. The molecule has 0 amide bonds. The Labute approximate surface area is 119 Å². The van der Waals surface area contributed by atoms with Gasteiger partial charge in [0.25, 0.3) is 0 Å². The van der Waals surface area contributed by atoms with Gasteiger partial charge in [0, 0.05) is 13.3 Å². The molecule has 0 saturated carbocycles. The van der Waals surface area contributed by atoms with E-state index < -0.39 is 54.8 Å². The Morgan fingerprint density at radius 2 is 1.52 bits per heavy atom. The highest BCUT2D eigenvalue weighted by atomic mass is 16.6. The topological polar surface area (TPSA) is 176 Å². The zero-order chi connectivity index (χ0) is 16.6. The molecule has 0 aliphatic carbocycles. The number of carboxylic acids is 1. The van der Waals surface area contributed by atoms with Crippen LogP contribution in [-0.2, 0) is 33.4 Å². The number of carboxylic acid groups (broad SMARTS) is 1. The van der Waals surface area contributed by atoms with Gasteiger partial charge in [-0.25, -0.2) is 9.59 Å². The van der Waals surface area contributed by atoms with Gasteiger partial charge in [-0.05, 0) is 6.42 Å². The summed E-state index contributed by atoms with van der Waals surface area (Å²) in [5.74, 6) is -5.38. The lowest BCUT2D eigenvalue weighted by molar-refractivity contribution is -0.162. The van der Waals surface area contributed by atoms with Gasteiger partial charge in [0.15, 0.2) is 0 Å². The van der Waals surface area contributed by atoms with E-state index >= 15 is 0 Å². The summed E-state index contributed by atoms with van der Waals surface area (Å²) in [6.07, 6.45) is -1.30.